The molecule has 1 N–H and O–H groups in total. The van der Waals surface area contributed by atoms with Gasteiger partial charge < -0.3 is 19.5 Å². The van der Waals surface area contributed by atoms with Gasteiger partial charge in [-0.1, -0.05) is 13.0 Å². The zero-order chi connectivity index (χ0) is 21.8. The van der Waals surface area contributed by atoms with E-state index in [-0.39, 0.29) is 12.2 Å². The number of rotatable bonds is 7. The van der Waals surface area contributed by atoms with Gasteiger partial charge in [0.1, 0.15) is 10.8 Å². The molecule has 0 radical (unpaired) electrons. The molecule has 1 amide bonds. The zero-order valence-corrected chi connectivity index (χ0v) is 19.3. The van der Waals surface area contributed by atoms with E-state index in [9.17, 15) is 14.4 Å². The van der Waals surface area contributed by atoms with E-state index in [0.717, 1.165) is 21.3 Å². The highest BCUT2D eigenvalue weighted by Gasteiger charge is 2.38. The molecule has 1 aliphatic carbocycles. The molecule has 30 heavy (non-hydrogen) atoms. The number of ether oxygens (including phenoxy) is 3. The number of carbonyl (C=O) groups is 3. The molecule has 0 bridgehead atoms. The van der Waals surface area contributed by atoms with Crippen LogP contribution in [0.15, 0.2) is 22.7 Å². The van der Waals surface area contributed by atoms with Crippen LogP contribution >= 0.6 is 27.3 Å². The molecule has 1 unspecified atom stereocenters. The minimum Gasteiger partial charge on any atom is -0.483 e. The summed E-state index contributed by atoms with van der Waals surface area (Å²) in [5.41, 5.74) is 1.95. The fourth-order valence-electron chi connectivity index (χ4n) is 3.42. The lowest BCUT2D eigenvalue weighted by molar-refractivity contribution is -0.142. The van der Waals surface area contributed by atoms with E-state index in [4.69, 9.17) is 14.2 Å². The fourth-order valence-corrected chi connectivity index (χ4v) is 5.24. The Hall–Kier alpha value is -2.39. The van der Waals surface area contributed by atoms with Crippen molar-refractivity contribution in [3.05, 3.63) is 44.2 Å². The van der Waals surface area contributed by atoms with Gasteiger partial charge >= 0.3 is 11.9 Å². The Balaban J connectivity index is 1.77. The Morgan fingerprint density at radius 2 is 2.00 bits per heavy atom. The van der Waals surface area contributed by atoms with Crippen LogP contribution in [0, 0.1) is 0 Å². The third kappa shape index (κ3) is 4.52. The van der Waals surface area contributed by atoms with Crippen molar-refractivity contribution in [1.82, 2.24) is 0 Å². The van der Waals surface area contributed by atoms with Gasteiger partial charge in [-0.15, -0.1) is 11.3 Å². The third-order valence-corrected chi connectivity index (χ3v) is 6.72. The second-order valence-electron chi connectivity index (χ2n) is 6.70. The summed E-state index contributed by atoms with van der Waals surface area (Å²) < 4.78 is 16.1. The number of halogens is 1. The van der Waals surface area contributed by atoms with Gasteiger partial charge in [-0.25, -0.2) is 4.79 Å². The molecule has 7 nitrogen and oxygen atoms in total. The summed E-state index contributed by atoms with van der Waals surface area (Å²) in [6.07, 6.45) is 2.09. The average Bonchev–Trinajstić information content (AvgIpc) is 3.30. The number of methoxy groups -OCH3 is 2. The lowest BCUT2D eigenvalue weighted by atomic mass is 9.99. The highest BCUT2D eigenvalue weighted by Crippen LogP contribution is 2.45. The summed E-state index contributed by atoms with van der Waals surface area (Å²) in [6.45, 7) is 1.82. The highest BCUT2D eigenvalue weighted by molar-refractivity contribution is 9.10. The monoisotopic (exact) mass is 495 g/mol. The lowest BCUT2D eigenvalue weighted by Crippen LogP contribution is -2.22. The molecule has 0 spiro atoms. The minimum absolute atomic E-state index is 0.215. The fraction of sp³-hybridized carbons (Fsp3) is 0.381. The summed E-state index contributed by atoms with van der Waals surface area (Å²) in [5.74, 6) is -1.41. The van der Waals surface area contributed by atoms with Crippen molar-refractivity contribution < 1.29 is 28.6 Å². The molecule has 1 aromatic heterocycles. The maximum Gasteiger partial charge on any atom is 0.341 e. The van der Waals surface area contributed by atoms with Crippen LogP contribution in [0.2, 0.25) is 0 Å². The van der Waals surface area contributed by atoms with Crippen molar-refractivity contribution >= 4 is 50.1 Å². The van der Waals surface area contributed by atoms with E-state index in [0.29, 0.717) is 29.2 Å². The second-order valence-corrected chi connectivity index (χ2v) is 8.66. The van der Waals surface area contributed by atoms with Gasteiger partial charge in [0.25, 0.3) is 5.91 Å². The Kier molecular flexibility index (Phi) is 7.14. The number of benzene rings is 1. The second kappa shape index (κ2) is 9.61. The van der Waals surface area contributed by atoms with Crippen molar-refractivity contribution in [3.8, 4) is 5.75 Å². The Morgan fingerprint density at radius 3 is 2.63 bits per heavy atom. The quantitative estimate of drug-likeness (QED) is 0.581. The third-order valence-electron chi connectivity index (χ3n) is 4.92. The summed E-state index contributed by atoms with van der Waals surface area (Å²) in [5, 5.41) is 3.09. The van der Waals surface area contributed by atoms with Crippen LogP contribution in [0.5, 0.6) is 5.75 Å². The number of hydrogen-bond donors (Lipinski definition) is 1. The standard InChI is InChI=1S/C21H22BrNO6S/c1-4-11-5-7-14(13(22)9-11)29-10-16(24)23-19-18(21(26)28-3)17-12(20(25)27-2)6-8-15(17)30-19/h5,7,9,12H,4,6,8,10H2,1-3H3,(H,23,24). The summed E-state index contributed by atoms with van der Waals surface area (Å²) in [4.78, 5) is 37.9. The largest absolute Gasteiger partial charge is 0.483 e. The predicted octanol–water partition coefficient (Wildman–Crippen LogP) is 4.08. The van der Waals surface area contributed by atoms with Crippen molar-refractivity contribution in [2.45, 2.75) is 32.1 Å². The number of amides is 1. The molecule has 2 aromatic rings. The first-order chi connectivity index (χ1) is 14.4. The van der Waals surface area contributed by atoms with Crippen molar-refractivity contribution in [2.24, 2.45) is 0 Å². The Labute approximate surface area is 186 Å². The molecule has 1 aliphatic rings. The smallest absolute Gasteiger partial charge is 0.341 e. The number of carbonyl (C=O) groups excluding carboxylic acids is 3. The normalized spacial score (nSPS) is 14.7. The first-order valence-electron chi connectivity index (χ1n) is 9.42. The number of aryl methyl sites for hydroxylation is 2. The molecular formula is C21H22BrNO6S. The van der Waals surface area contributed by atoms with E-state index in [1.165, 1.54) is 25.6 Å². The van der Waals surface area contributed by atoms with E-state index < -0.39 is 23.8 Å². The van der Waals surface area contributed by atoms with Gasteiger partial charge in [-0.2, -0.15) is 0 Å². The number of esters is 2. The summed E-state index contributed by atoms with van der Waals surface area (Å²) in [6, 6.07) is 5.68. The number of nitrogens with one attached hydrogen (secondary N) is 1. The summed E-state index contributed by atoms with van der Waals surface area (Å²) >= 11 is 4.72. The SMILES string of the molecule is CCc1ccc(OCC(=O)Nc2sc3c(c2C(=O)OC)C(C(=O)OC)CC3)c(Br)c1. The van der Waals surface area contributed by atoms with Gasteiger partial charge in [0, 0.05) is 4.88 Å². The molecular weight excluding hydrogens is 474 g/mol. The number of thiophene rings is 1. The first-order valence-corrected chi connectivity index (χ1v) is 11.0. The Bertz CT molecular complexity index is 986. The number of fused-ring (bicyclic) bond motifs is 1. The minimum atomic E-state index is -0.600. The Morgan fingerprint density at radius 1 is 1.23 bits per heavy atom. The van der Waals surface area contributed by atoms with Crippen molar-refractivity contribution in [2.75, 3.05) is 26.1 Å². The highest BCUT2D eigenvalue weighted by atomic mass is 79.9. The van der Waals surface area contributed by atoms with Gasteiger partial charge in [0.15, 0.2) is 6.61 Å². The van der Waals surface area contributed by atoms with Crippen LogP contribution in [0.3, 0.4) is 0 Å². The van der Waals surface area contributed by atoms with E-state index >= 15 is 0 Å². The topological polar surface area (TPSA) is 90.9 Å². The molecule has 1 atom stereocenters. The average molecular weight is 496 g/mol. The summed E-state index contributed by atoms with van der Waals surface area (Å²) in [7, 11) is 2.58. The predicted molar refractivity (Wildman–Crippen MR) is 116 cm³/mol. The van der Waals surface area contributed by atoms with Crippen LogP contribution in [0.25, 0.3) is 0 Å². The molecule has 0 aliphatic heterocycles. The van der Waals surface area contributed by atoms with E-state index in [1.54, 1.807) is 6.07 Å². The molecule has 0 saturated carbocycles. The molecule has 3 rings (SSSR count). The molecule has 9 heteroatoms. The van der Waals surface area contributed by atoms with Gasteiger partial charge in [0.05, 0.1) is 30.2 Å². The first kappa shape index (κ1) is 22.3. The lowest BCUT2D eigenvalue weighted by Gasteiger charge is -2.12. The van der Waals surface area contributed by atoms with Gasteiger partial charge in [-0.05, 0) is 58.5 Å². The molecule has 1 heterocycles. The van der Waals surface area contributed by atoms with E-state index in [2.05, 4.69) is 28.2 Å². The number of anilines is 1. The van der Waals surface area contributed by atoms with Crippen LogP contribution in [-0.2, 0) is 31.9 Å². The van der Waals surface area contributed by atoms with Crippen LogP contribution in [0.1, 0.15) is 45.6 Å². The van der Waals surface area contributed by atoms with Crippen molar-refractivity contribution in [1.29, 1.82) is 0 Å². The van der Waals surface area contributed by atoms with Gasteiger partial charge in [-0.3, -0.25) is 9.59 Å². The zero-order valence-electron chi connectivity index (χ0n) is 16.9. The number of hydrogen-bond acceptors (Lipinski definition) is 7. The van der Waals surface area contributed by atoms with Gasteiger partial charge in [0.2, 0.25) is 0 Å². The van der Waals surface area contributed by atoms with E-state index in [1.807, 2.05) is 12.1 Å². The van der Waals surface area contributed by atoms with Crippen molar-refractivity contribution in [3.63, 3.8) is 0 Å². The molecule has 1 aromatic carbocycles. The maximum absolute atomic E-state index is 12.5. The molecule has 0 saturated heterocycles. The van der Waals surface area contributed by atoms with Crippen LogP contribution < -0.4 is 10.1 Å². The van der Waals surface area contributed by atoms with Crippen LogP contribution in [0.4, 0.5) is 5.00 Å². The maximum atomic E-state index is 12.5. The van der Waals surface area contributed by atoms with Crippen LogP contribution in [-0.4, -0.2) is 38.7 Å². The molecule has 160 valence electrons. The molecule has 0 fully saturated rings.